The molecule has 5 heteroatoms. The highest BCUT2D eigenvalue weighted by Gasteiger charge is 2.45. The predicted octanol–water partition coefficient (Wildman–Crippen LogP) is 2.27. The molecular formula is C11H14BrNO3. The average molecular weight is 288 g/mol. The zero-order valence-electron chi connectivity index (χ0n) is 8.78. The first-order valence-electron chi connectivity index (χ1n) is 5.29. The van der Waals surface area contributed by atoms with Gasteiger partial charge in [0.1, 0.15) is 11.2 Å². The maximum atomic E-state index is 11.5. The second-order valence-corrected chi connectivity index (χ2v) is 5.11. The number of hydrogen-bond acceptors (Lipinski definition) is 3. The monoisotopic (exact) mass is 287 g/mol. The predicted molar refractivity (Wildman–Crippen MR) is 62.2 cm³/mol. The minimum Gasteiger partial charge on any atom is -0.480 e. The van der Waals surface area contributed by atoms with Crippen LogP contribution < -0.4 is 5.73 Å². The third kappa shape index (κ3) is 1.89. The van der Waals surface area contributed by atoms with Gasteiger partial charge in [0.05, 0.1) is 0 Å². The molecule has 0 atom stereocenters. The van der Waals surface area contributed by atoms with E-state index in [1.807, 2.05) is 0 Å². The number of aliphatic carboxylic acids is 1. The van der Waals surface area contributed by atoms with Crippen LogP contribution >= 0.6 is 15.9 Å². The molecule has 0 spiro atoms. The van der Waals surface area contributed by atoms with E-state index in [9.17, 15) is 9.90 Å². The summed E-state index contributed by atoms with van der Waals surface area (Å²) in [4.78, 5) is 11.5. The van der Waals surface area contributed by atoms with Gasteiger partial charge in [0.25, 0.3) is 0 Å². The van der Waals surface area contributed by atoms with E-state index >= 15 is 0 Å². The second kappa shape index (κ2) is 4.22. The highest BCUT2D eigenvalue weighted by atomic mass is 79.9. The Labute approximate surface area is 102 Å². The number of carboxylic acids is 1. The molecule has 2 rings (SSSR count). The minimum atomic E-state index is -0.887. The molecule has 88 valence electrons. The quantitative estimate of drug-likeness (QED) is 0.875. The molecule has 1 fully saturated rings. The van der Waals surface area contributed by atoms with Gasteiger partial charge in [-0.3, -0.25) is 4.79 Å². The van der Waals surface area contributed by atoms with E-state index < -0.39 is 11.4 Å². The lowest BCUT2D eigenvalue weighted by Crippen LogP contribution is -2.42. The zero-order chi connectivity index (χ0) is 11.8. The summed E-state index contributed by atoms with van der Waals surface area (Å²) in [6, 6.07) is 3.58. The molecule has 1 aromatic heterocycles. The Hall–Kier alpha value is -0.810. The van der Waals surface area contributed by atoms with Crippen molar-refractivity contribution in [2.45, 2.75) is 37.1 Å². The number of furan rings is 1. The Morgan fingerprint density at radius 3 is 2.56 bits per heavy atom. The SMILES string of the molecule is NC1CCC(C(=O)O)(c2ccc(Br)o2)CC1. The van der Waals surface area contributed by atoms with Gasteiger partial charge in [-0.1, -0.05) is 0 Å². The van der Waals surface area contributed by atoms with Crippen LogP contribution in [0.1, 0.15) is 31.4 Å². The van der Waals surface area contributed by atoms with Gasteiger partial charge in [-0.2, -0.15) is 0 Å². The zero-order valence-corrected chi connectivity index (χ0v) is 10.4. The summed E-state index contributed by atoms with van der Waals surface area (Å²) < 4.78 is 5.99. The van der Waals surface area contributed by atoms with E-state index in [2.05, 4.69) is 15.9 Å². The third-order valence-electron chi connectivity index (χ3n) is 3.34. The molecule has 3 N–H and O–H groups in total. The van der Waals surface area contributed by atoms with E-state index in [0.29, 0.717) is 23.3 Å². The molecule has 1 aliphatic carbocycles. The van der Waals surface area contributed by atoms with Crippen LogP contribution in [0.2, 0.25) is 0 Å². The summed E-state index contributed by atoms with van der Waals surface area (Å²) in [5.74, 6) is -0.292. The fourth-order valence-corrected chi connectivity index (χ4v) is 2.58. The van der Waals surface area contributed by atoms with Gasteiger partial charge in [-0.05, 0) is 53.7 Å². The topological polar surface area (TPSA) is 76.5 Å². The molecule has 0 aliphatic heterocycles. The lowest BCUT2D eigenvalue weighted by molar-refractivity contribution is -0.146. The van der Waals surface area contributed by atoms with Crippen LogP contribution in [0.15, 0.2) is 21.2 Å². The van der Waals surface area contributed by atoms with Crippen LogP contribution in [0.3, 0.4) is 0 Å². The lowest BCUT2D eigenvalue weighted by Gasteiger charge is -2.33. The molecule has 0 unspecified atom stereocenters. The number of rotatable bonds is 2. The van der Waals surface area contributed by atoms with Gasteiger partial charge < -0.3 is 15.3 Å². The first-order chi connectivity index (χ1) is 7.54. The van der Waals surface area contributed by atoms with Gasteiger partial charge in [0.15, 0.2) is 4.67 Å². The maximum absolute atomic E-state index is 11.5. The fraction of sp³-hybridized carbons (Fsp3) is 0.545. The Balaban J connectivity index is 2.33. The minimum absolute atomic E-state index is 0.117. The highest BCUT2D eigenvalue weighted by molar-refractivity contribution is 9.10. The van der Waals surface area contributed by atoms with E-state index in [1.54, 1.807) is 12.1 Å². The number of carbonyl (C=O) groups is 1. The molecule has 0 bridgehead atoms. The number of nitrogens with two attached hydrogens (primary N) is 1. The van der Waals surface area contributed by atoms with Crippen molar-refractivity contribution in [2.75, 3.05) is 0 Å². The van der Waals surface area contributed by atoms with Crippen LogP contribution in [0.4, 0.5) is 0 Å². The molecule has 1 heterocycles. The Morgan fingerprint density at radius 2 is 2.12 bits per heavy atom. The molecule has 0 radical (unpaired) electrons. The molecule has 4 nitrogen and oxygen atoms in total. The summed E-state index contributed by atoms with van der Waals surface area (Å²) in [6.07, 6.45) is 2.54. The summed E-state index contributed by atoms with van der Waals surface area (Å²) in [5, 5.41) is 9.42. The van der Waals surface area contributed by atoms with Gasteiger partial charge in [0.2, 0.25) is 0 Å². The summed E-state index contributed by atoms with van der Waals surface area (Å²) >= 11 is 3.20. The number of halogens is 1. The summed E-state index contributed by atoms with van der Waals surface area (Å²) in [5.41, 5.74) is 4.92. The van der Waals surface area contributed by atoms with Gasteiger partial charge in [-0.25, -0.2) is 0 Å². The highest BCUT2D eigenvalue weighted by Crippen LogP contribution is 2.40. The van der Waals surface area contributed by atoms with E-state index in [0.717, 1.165) is 12.8 Å². The van der Waals surface area contributed by atoms with Crippen molar-refractivity contribution in [1.29, 1.82) is 0 Å². The Kier molecular flexibility index (Phi) is 3.08. The van der Waals surface area contributed by atoms with Gasteiger partial charge in [0, 0.05) is 6.04 Å². The second-order valence-electron chi connectivity index (χ2n) is 4.33. The van der Waals surface area contributed by atoms with Crippen molar-refractivity contribution in [3.05, 3.63) is 22.6 Å². The van der Waals surface area contributed by atoms with E-state index in [4.69, 9.17) is 10.2 Å². The molecule has 16 heavy (non-hydrogen) atoms. The van der Waals surface area contributed by atoms with Gasteiger partial charge in [-0.15, -0.1) is 0 Å². The average Bonchev–Trinajstić information content (AvgIpc) is 2.66. The normalized spacial score (nSPS) is 30.2. The molecule has 0 amide bonds. The van der Waals surface area contributed by atoms with Crippen LogP contribution in [0, 0.1) is 0 Å². The molecule has 1 aromatic rings. The van der Waals surface area contributed by atoms with Crippen molar-refractivity contribution in [2.24, 2.45) is 5.73 Å². The van der Waals surface area contributed by atoms with Crippen molar-refractivity contribution < 1.29 is 14.3 Å². The summed E-state index contributed by atoms with van der Waals surface area (Å²) in [6.45, 7) is 0. The first-order valence-corrected chi connectivity index (χ1v) is 6.09. The standard InChI is InChI=1S/C11H14BrNO3/c12-9-2-1-8(16-9)11(10(14)15)5-3-7(13)4-6-11/h1-2,7H,3-6,13H2,(H,14,15). The van der Waals surface area contributed by atoms with E-state index in [-0.39, 0.29) is 6.04 Å². The number of carboxylic acid groups (broad SMARTS) is 1. The molecule has 0 aromatic carbocycles. The summed E-state index contributed by atoms with van der Waals surface area (Å²) in [7, 11) is 0. The number of hydrogen-bond donors (Lipinski definition) is 2. The van der Waals surface area contributed by atoms with Crippen LogP contribution in [-0.4, -0.2) is 17.1 Å². The Bertz CT molecular complexity index is 394. The molecular weight excluding hydrogens is 274 g/mol. The van der Waals surface area contributed by atoms with Crippen molar-refractivity contribution in [3.63, 3.8) is 0 Å². The largest absolute Gasteiger partial charge is 0.480 e. The third-order valence-corrected chi connectivity index (χ3v) is 3.76. The Morgan fingerprint density at radius 1 is 1.50 bits per heavy atom. The molecule has 1 aliphatic rings. The van der Waals surface area contributed by atoms with Crippen LogP contribution in [-0.2, 0) is 10.2 Å². The van der Waals surface area contributed by atoms with Crippen LogP contribution in [0.25, 0.3) is 0 Å². The van der Waals surface area contributed by atoms with Crippen LogP contribution in [0.5, 0.6) is 0 Å². The fourth-order valence-electron chi connectivity index (χ4n) is 2.27. The first kappa shape index (κ1) is 11.7. The van der Waals surface area contributed by atoms with Crippen molar-refractivity contribution in [3.8, 4) is 0 Å². The lowest BCUT2D eigenvalue weighted by atomic mass is 9.71. The van der Waals surface area contributed by atoms with Crippen molar-refractivity contribution in [1.82, 2.24) is 0 Å². The van der Waals surface area contributed by atoms with Gasteiger partial charge >= 0.3 is 5.97 Å². The van der Waals surface area contributed by atoms with Crippen molar-refractivity contribution >= 4 is 21.9 Å². The molecule has 1 saturated carbocycles. The smallest absolute Gasteiger partial charge is 0.317 e. The molecule has 0 saturated heterocycles. The van der Waals surface area contributed by atoms with E-state index in [1.165, 1.54) is 0 Å². The maximum Gasteiger partial charge on any atom is 0.317 e.